The zero-order valence-electron chi connectivity index (χ0n) is 14.7. The van der Waals surface area contributed by atoms with E-state index in [-0.39, 0.29) is 12.3 Å². The molecule has 1 aromatic heterocycles. The van der Waals surface area contributed by atoms with Crippen LogP contribution in [0.4, 0.5) is 0 Å². The maximum absolute atomic E-state index is 12.0. The Morgan fingerprint density at radius 2 is 1.81 bits per heavy atom. The van der Waals surface area contributed by atoms with Gasteiger partial charge in [0.05, 0.1) is 17.7 Å². The maximum Gasteiger partial charge on any atom is 0.244 e. The van der Waals surface area contributed by atoms with Gasteiger partial charge in [0.1, 0.15) is 11.5 Å². The third kappa shape index (κ3) is 5.22. The van der Waals surface area contributed by atoms with E-state index in [0.29, 0.717) is 27.1 Å². The van der Waals surface area contributed by atoms with Gasteiger partial charge in [0.15, 0.2) is 0 Å². The molecule has 3 aromatic rings. The fourth-order valence-electron chi connectivity index (χ4n) is 2.54. The van der Waals surface area contributed by atoms with E-state index in [2.05, 4.69) is 17.5 Å². The molecular formula is C21H18Cl2N2O2. The number of nitrogens with one attached hydrogen (secondary N) is 1. The second kappa shape index (κ2) is 8.89. The lowest BCUT2D eigenvalue weighted by atomic mass is 10.1. The molecule has 0 aliphatic carbocycles. The number of hydrogen-bond acceptors (Lipinski definition) is 3. The Hall–Kier alpha value is -2.56. The smallest absolute Gasteiger partial charge is 0.244 e. The van der Waals surface area contributed by atoms with Crippen molar-refractivity contribution in [1.29, 1.82) is 0 Å². The van der Waals surface area contributed by atoms with Gasteiger partial charge >= 0.3 is 0 Å². The van der Waals surface area contributed by atoms with Crippen LogP contribution in [0.2, 0.25) is 10.0 Å². The summed E-state index contributed by atoms with van der Waals surface area (Å²) in [7, 11) is 0. The monoisotopic (exact) mass is 400 g/mol. The zero-order valence-corrected chi connectivity index (χ0v) is 16.2. The minimum Gasteiger partial charge on any atom is -0.455 e. The van der Waals surface area contributed by atoms with Crippen molar-refractivity contribution < 1.29 is 9.21 Å². The van der Waals surface area contributed by atoms with Crippen LogP contribution in [0.15, 0.2) is 64.1 Å². The summed E-state index contributed by atoms with van der Waals surface area (Å²) < 4.78 is 5.69. The number of hydrazone groups is 1. The lowest BCUT2D eigenvalue weighted by Crippen LogP contribution is -2.19. The van der Waals surface area contributed by atoms with Gasteiger partial charge in [-0.1, -0.05) is 54.4 Å². The second-order valence-corrected chi connectivity index (χ2v) is 6.81. The molecule has 0 saturated heterocycles. The minimum absolute atomic E-state index is 0.194. The maximum atomic E-state index is 12.0. The standard InChI is InChI=1S/C21H18Cl2N2O2/c1-2-14-3-5-15(6-4-14)11-21(26)25-24-13-17-8-10-20(27-17)18-12-16(22)7-9-19(18)23/h3-10,12-13H,2,11H2,1H3,(H,25,26)/b24-13-. The predicted molar refractivity (Wildman–Crippen MR) is 109 cm³/mol. The van der Waals surface area contributed by atoms with Gasteiger partial charge in [-0.2, -0.15) is 5.10 Å². The molecule has 4 nitrogen and oxygen atoms in total. The molecule has 0 fully saturated rings. The highest BCUT2D eigenvalue weighted by molar-refractivity contribution is 6.35. The number of benzene rings is 2. The molecule has 0 spiro atoms. The predicted octanol–water partition coefficient (Wildman–Crippen LogP) is 5.51. The highest BCUT2D eigenvalue weighted by Crippen LogP contribution is 2.31. The van der Waals surface area contributed by atoms with Crippen LogP contribution in [0.3, 0.4) is 0 Å². The molecule has 0 aliphatic rings. The first-order valence-corrected chi connectivity index (χ1v) is 9.25. The Kier molecular flexibility index (Phi) is 6.32. The van der Waals surface area contributed by atoms with Crippen molar-refractivity contribution in [3.05, 3.63) is 81.5 Å². The van der Waals surface area contributed by atoms with Crippen LogP contribution >= 0.6 is 23.2 Å². The molecule has 0 atom stereocenters. The fraction of sp³-hybridized carbons (Fsp3) is 0.143. The molecule has 1 N–H and O–H groups in total. The Balaban J connectivity index is 1.59. The zero-order chi connectivity index (χ0) is 19.2. The number of hydrogen-bond donors (Lipinski definition) is 1. The van der Waals surface area contributed by atoms with E-state index in [1.165, 1.54) is 11.8 Å². The number of aryl methyl sites for hydroxylation is 1. The highest BCUT2D eigenvalue weighted by Gasteiger charge is 2.09. The van der Waals surface area contributed by atoms with E-state index in [4.69, 9.17) is 27.6 Å². The Bertz CT molecular complexity index is 963. The van der Waals surface area contributed by atoms with Gasteiger partial charge in [-0.3, -0.25) is 4.79 Å². The van der Waals surface area contributed by atoms with Crippen molar-refractivity contribution in [2.75, 3.05) is 0 Å². The minimum atomic E-state index is -0.194. The molecule has 0 radical (unpaired) electrons. The molecule has 2 aromatic carbocycles. The molecule has 27 heavy (non-hydrogen) atoms. The number of carbonyl (C=O) groups excluding carboxylic acids is 1. The van der Waals surface area contributed by atoms with Gasteiger partial charge in [-0.15, -0.1) is 0 Å². The van der Waals surface area contributed by atoms with E-state index in [1.54, 1.807) is 30.3 Å². The number of carbonyl (C=O) groups is 1. The number of furan rings is 1. The van der Waals surface area contributed by atoms with Crippen molar-refractivity contribution in [2.24, 2.45) is 5.10 Å². The first-order valence-electron chi connectivity index (χ1n) is 8.50. The lowest BCUT2D eigenvalue weighted by molar-refractivity contribution is -0.120. The molecule has 0 saturated carbocycles. The molecule has 0 unspecified atom stereocenters. The molecule has 0 aliphatic heterocycles. The van der Waals surface area contributed by atoms with Crippen molar-refractivity contribution in [3.63, 3.8) is 0 Å². The number of amides is 1. The fourth-order valence-corrected chi connectivity index (χ4v) is 2.92. The Morgan fingerprint density at radius 1 is 1.07 bits per heavy atom. The Morgan fingerprint density at radius 3 is 2.56 bits per heavy atom. The molecule has 0 bridgehead atoms. The third-order valence-corrected chi connectivity index (χ3v) is 4.56. The van der Waals surface area contributed by atoms with Crippen molar-refractivity contribution in [1.82, 2.24) is 5.43 Å². The normalized spacial score (nSPS) is 11.1. The first-order chi connectivity index (χ1) is 13.0. The average Bonchev–Trinajstić information content (AvgIpc) is 3.13. The topological polar surface area (TPSA) is 54.6 Å². The van der Waals surface area contributed by atoms with Crippen LogP contribution in [-0.2, 0) is 17.6 Å². The summed E-state index contributed by atoms with van der Waals surface area (Å²) >= 11 is 12.2. The van der Waals surface area contributed by atoms with Gasteiger partial charge in [0, 0.05) is 10.6 Å². The quantitative estimate of drug-likeness (QED) is 0.438. The summed E-state index contributed by atoms with van der Waals surface area (Å²) in [5.74, 6) is 0.875. The SMILES string of the molecule is CCc1ccc(CC(=O)N/N=C\c2ccc(-c3cc(Cl)ccc3Cl)o2)cc1. The number of halogens is 2. The third-order valence-electron chi connectivity index (χ3n) is 4.00. The van der Waals surface area contributed by atoms with E-state index < -0.39 is 0 Å². The van der Waals surface area contributed by atoms with E-state index in [1.807, 2.05) is 24.3 Å². The molecule has 6 heteroatoms. The second-order valence-electron chi connectivity index (χ2n) is 5.97. The summed E-state index contributed by atoms with van der Waals surface area (Å²) in [4.78, 5) is 12.0. The number of nitrogens with zero attached hydrogens (tertiary/aromatic N) is 1. The summed E-state index contributed by atoms with van der Waals surface area (Å²) in [5, 5.41) is 5.05. The Labute approximate surface area is 167 Å². The first kappa shape index (κ1) is 19.2. The molecule has 1 amide bonds. The molecular weight excluding hydrogens is 383 g/mol. The van der Waals surface area contributed by atoms with Gasteiger partial charge in [-0.25, -0.2) is 5.43 Å². The highest BCUT2D eigenvalue weighted by atomic mass is 35.5. The van der Waals surface area contributed by atoms with E-state index in [9.17, 15) is 4.79 Å². The van der Waals surface area contributed by atoms with Crippen molar-refractivity contribution in [3.8, 4) is 11.3 Å². The van der Waals surface area contributed by atoms with Gasteiger partial charge in [0.25, 0.3) is 0 Å². The molecule has 3 rings (SSSR count). The van der Waals surface area contributed by atoms with Crippen LogP contribution in [0, 0.1) is 0 Å². The van der Waals surface area contributed by atoms with Gasteiger partial charge in [0.2, 0.25) is 5.91 Å². The summed E-state index contributed by atoms with van der Waals surface area (Å²) in [5.41, 5.74) is 5.38. The van der Waals surface area contributed by atoms with Gasteiger partial charge < -0.3 is 4.42 Å². The van der Waals surface area contributed by atoms with E-state index >= 15 is 0 Å². The van der Waals surface area contributed by atoms with Crippen LogP contribution in [-0.4, -0.2) is 12.1 Å². The lowest BCUT2D eigenvalue weighted by Gasteiger charge is -2.02. The molecule has 138 valence electrons. The molecule has 1 heterocycles. The van der Waals surface area contributed by atoms with Crippen LogP contribution in [0.5, 0.6) is 0 Å². The van der Waals surface area contributed by atoms with Crippen molar-refractivity contribution >= 4 is 35.3 Å². The van der Waals surface area contributed by atoms with Crippen LogP contribution < -0.4 is 5.43 Å². The van der Waals surface area contributed by atoms with Crippen LogP contribution in [0.25, 0.3) is 11.3 Å². The van der Waals surface area contributed by atoms with E-state index in [0.717, 1.165) is 12.0 Å². The largest absolute Gasteiger partial charge is 0.455 e. The summed E-state index contributed by atoms with van der Waals surface area (Å²) in [6, 6.07) is 16.6. The average molecular weight is 401 g/mol. The van der Waals surface area contributed by atoms with Gasteiger partial charge in [-0.05, 0) is 47.9 Å². The summed E-state index contributed by atoms with van der Waals surface area (Å²) in [6.45, 7) is 2.09. The van der Waals surface area contributed by atoms with Crippen molar-refractivity contribution in [2.45, 2.75) is 19.8 Å². The number of rotatable bonds is 6. The summed E-state index contributed by atoms with van der Waals surface area (Å²) in [6.07, 6.45) is 2.69. The van der Waals surface area contributed by atoms with Crippen LogP contribution in [0.1, 0.15) is 23.8 Å².